The normalized spacial score (nSPS) is 16.2. The van der Waals surface area contributed by atoms with Gasteiger partial charge in [0.05, 0.1) is 36.8 Å². The minimum absolute atomic E-state index is 0.143. The summed E-state index contributed by atoms with van der Waals surface area (Å²) < 4.78 is 27.9. The van der Waals surface area contributed by atoms with Crippen LogP contribution in [0.3, 0.4) is 0 Å². The van der Waals surface area contributed by atoms with E-state index in [0.29, 0.717) is 37.3 Å². The number of imidazole rings is 1. The van der Waals surface area contributed by atoms with E-state index >= 15 is 0 Å². The molecule has 1 atom stereocenters. The van der Waals surface area contributed by atoms with Gasteiger partial charge in [0.1, 0.15) is 23.4 Å². The first-order chi connectivity index (χ1) is 15.6. The van der Waals surface area contributed by atoms with Crippen LogP contribution < -0.4 is 5.56 Å². The minimum Gasteiger partial charge on any atom is -0.396 e. The lowest BCUT2D eigenvalue weighted by atomic mass is 10.2. The van der Waals surface area contributed by atoms with E-state index in [1.807, 2.05) is 0 Å². The van der Waals surface area contributed by atoms with Gasteiger partial charge in [0.2, 0.25) is 11.7 Å². The van der Waals surface area contributed by atoms with Crippen molar-refractivity contribution in [3.05, 3.63) is 46.6 Å². The molecule has 3 aromatic heterocycles. The molecule has 4 heterocycles. The molecule has 10 nitrogen and oxygen atoms in total. The number of aromatic nitrogens is 5. The molecule has 0 bridgehead atoms. The Morgan fingerprint density at radius 2 is 2.03 bits per heavy atom. The third-order valence-electron chi connectivity index (χ3n) is 5.80. The Bertz CT molecular complexity index is 1320. The summed E-state index contributed by atoms with van der Waals surface area (Å²) >= 11 is 0. The van der Waals surface area contributed by atoms with Crippen molar-refractivity contribution in [3.8, 4) is 11.5 Å². The lowest BCUT2D eigenvalue weighted by molar-refractivity contribution is 0.0364. The van der Waals surface area contributed by atoms with Crippen molar-refractivity contribution < 1.29 is 18.8 Å². The Morgan fingerprint density at radius 1 is 1.22 bits per heavy atom. The topological polar surface area (TPSA) is 111 Å². The van der Waals surface area contributed by atoms with Crippen LogP contribution in [0.15, 0.2) is 33.8 Å². The van der Waals surface area contributed by atoms with Crippen molar-refractivity contribution in [2.75, 3.05) is 39.5 Å². The summed E-state index contributed by atoms with van der Waals surface area (Å²) in [6.45, 7) is 5.52. The molecule has 168 valence electrons. The fraction of sp³-hybridized carbons (Fsp3) is 0.429. The highest BCUT2D eigenvalue weighted by Gasteiger charge is 2.22. The largest absolute Gasteiger partial charge is 0.396 e. The molecule has 0 spiro atoms. The number of rotatable bonds is 6. The molecule has 1 aliphatic heterocycles. The minimum atomic E-state index is -0.419. The molecule has 1 saturated heterocycles. The van der Waals surface area contributed by atoms with Gasteiger partial charge >= 0.3 is 0 Å². The van der Waals surface area contributed by atoms with Gasteiger partial charge in [-0.3, -0.25) is 14.1 Å². The summed E-state index contributed by atoms with van der Waals surface area (Å²) in [5.74, 6) is -0.322. The molecule has 0 amide bonds. The van der Waals surface area contributed by atoms with Gasteiger partial charge in [-0.15, -0.1) is 0 Å². The first kappa shape index (κ1) is 20.7. The molecule has 0 radical (unpaired) electrons. The Morgan fingerprint density at radius 3 is 2.81 bits per heavy atom. The van der Waals surface area contributed by atoms with Crippen LogP contribution in [0.1, 0.15) is 18.7 Å². The molecular weight excluding hydrogens is 419 g/mol. The number of hydrogen-bond donors (Lipinski definition) is 1. The van der Waals surface area contributed by atoms with Crippen LogP contribution in [0.2, 0.25) is 0 Å². The van der Waals surface area contributed by atoms with Crippen LogP contribution in [0, 0.1) is 5.82 Å². The molecule has 11 heteroatoms. The smallest absolute Gasteiger partial charge is 0.277 e. The number of fused-ring (bicyclic) bond motifs is 3. The van der Waals surface area contributed by atoms with E-state index in [9.17, 15) is 14.3 Å². The van der Waals surface area contributed by atoms with Crippen molar-refractivity contribution in [1.82, 2.24) is 29.0 Å². The summed E-state index contributed by atoms with van der Waals surface area (Å²) in [5.41, 5.74) is 1.39. The Hall–Kier alpha value is -3.15. The second-order valence-electron chi connectivity index (χ2n) is 7.90. The SMILES string of the molecule is CC(CO)c1nc(-c2ncn3c2c(=O)n(CCN2CCOCC2)c2cc(F)ccc23)no1. The van der Waals surface area contributed by atoms with Gasteiger partial charge in [0.15, 0.2) is 0 Å². The maximum atomic E-state index is 14.1. The van der Waals surface area contributed by atoms with Gasteiger partial charge in [-0.05, 0) is 18.2 Å². The van der Waals surface area contributed by atoms with Crippen LogP contribution in [0.25, 0.3) is 28.1 Å². The Balaban J connectivity index is 1.64. The quantitative estimate of drug-likeness (QED) is 0.475. The molecule has 0 aliphatic carbocycles. The van der Waals surface area contributed by atoms with E-state index < -0.39 is 5.82 Å². The van der Waals surface area contributed by atoms with Crippen LogP contribution in [-0.2, 0) is 11.3 Å². The van der Waals surface area contributed by atoms with Gasteiger partial charge in [-0.1, -0.05) is 12.1 Å². The third-order valence-corrected chi connectivity index (χ3v) is 5.80. The molecule has 0 saturated carbocycles. The molecule has 1 aliphatic rings. The zero-order valence-corrected chi connectivity index (χ0v) is 17.6. The summed E-state index contributed by atoms with van der Waals surface area (Å²) in [6, 6.07) is 4.35. The summed E-state index contributed by atoms with van der Waals surface area (Å²) in [6.07, 6.45) is 1.50. The number of aliphatic hydroxyl groups is 1. The molecule has 1 fully saturated rings. The number of aliphatic hydroxyl groups excluding tert-OH is 1. The van der Waals surface area contributed by atoms with E-state index in [1.165, 1.54) is 18.5 Å². The lowest BCUT2D eigenvalue weighted by Gasteiger charge is -2.27. The highest BCUT2D eigenvalue weighted by Crippen LogP contribution is 2.24. The monoisotopic (exact) mass is 442 g/mol. The first-order valence-corrected chi connectivity index (χ1v) is 10.5. The predicted molar refractivity (Wildman–Crippen MR) is 113 cm³/mol. The highest BCUT2D eigenvalue weighted by molar-refractivity contribution is 5.83. The number of morpholine rings is 1. The Kier molecular flexibility index (Phi) is 5.45. The van der Waals surface area contributed by atoms with E-state index in [0.717, 1.165) is 13.1 Å². The molecule has 4 aromatic rings. The van der Waals surface area contributed by atoms with E-state index in [2.05, 4.69) is 20.0 Å². The average molecular weight is 442 g/mol. The van der Waals surface area contributed by atoms with Crippen LogP contribution in [0.5, 0.6) is 0 Å². The molecule has 1 unspecified atom stereocenters. The van der Waals surface area contributed by atoms with Crippen molar-refractivity contribution in [1.29, 1.82) is 0 Å². The maximum absolute atomic E-state index is 14.1. The summed E-state index contributed by atoms with van der Waals surface area (Å²) in [4.78, 5) is 24.5. The molecule has 1 N–H and O–H groups in total. The van der Waals surface area contributed by atoms with Crippen molar-refractivity contribution in [3.63, 3.8) is 0 Å². The van der Waals surface area contributed by atoms with Crippen LogP contribution in [0.4, 0.5) is 4.39 Å². The van der Waals surface area contributed by atoms with Gasteiger partial charge < -0.3 is 18.9 Å². The molecule has 5 rings (SSSR count). The third kappa shape index (κ3) is 3.57. The number of ether oxygens (including phenoxy) is 1. The van der Waals surface area contributed by atoms with Crippen molar-refractivity contribution >= 4 is 16.6 Å². The van der Waals surface area contributed by atoms with Crippen molar-refractivity contribution in [2.24, 2.45) is 0 Å². The zero-order chi connectivity index (χ0) is 22.2. The van der Waals surface area contributed by atoms with Gasteiger partial charge in [0.25, 0.3) is 5.56 Å². The fourth-order valence-electron chi connectivity index (χ4n) is 3.95. The van der Waals surface area contributed by atoms with Gasteiger partial charge in [-0.2, -0.15) is 4.98 Å². The second kappa shape index (κ2) is 8.41. The van der Waals surface area contributed by atoms with Crippen molar-refractivity contribution in [2.45, 2.75) is 19.4 Å². The standard InChI is InChI=1S/C21H23FN6O4/c1-13(11-29)20-24-19(25-32-20)17-18-21(30)27(5-4-26-6-8-31-9-7-26)16-10-14(22)2-3-15(16)28(18)12-23-17/h2-3,10,12-13,29H,4-9,11H2,1H3. The number of halogens is 1. The average Bonchev–Trinajstić information content (AvgIpc) is 3.47. The highest BCUT2D eigenvalue weighted by atomic mass is 19.1. The summed E-state index contributed by atoms with van der Waals surface area (Å²) in [5, 5.41) is 13.3. The van der Waals surface area contributed by atoms with Crippen LogP contribution in [-0.4, -0.2) is 73.6 Å². The number of benzene rings is 1. The van der Waals surface area contributed by atoms with Gasteiger partial charge in [-0.25, -0.2) is 9.37 Å². The number of hydrogen-bond acceptors (Lipinski definition) is 8. The van der Waals surface area contributed by atoms with E-state index in [-0.39, 0.29) is 41.0 Å². The summed E-state index contributed by atoms with van der Waals surface area (Å²) in [7, 11) is 0. The van der Waals surface area contributed by atoms with E-state index in [1.54, 1.807) is 22.0 Å². The van der Waals surface area contributed by atoms with E-state index in [4.69, 9.17) is 9.26 Å². The Labute approximate surface area is 181 Å². The zero-order valence-electron chi connectivity index (χ0n) is 17.6. The number of nitrogens with zero attached hydrogens (tertiary/aromatic N) is 6. The first-order valence-electron chi connectivity index (χ1n) is 10.5. The molecule has 1 aromatic carbocycles. The maximum Gasteiger partial charge on any atom is 0.277 e. The molecular formula is C21H23FN6O4. The predicted octanol–water partition coefficient (Wildman–Crippen LogP) is 1.27. The van der Waals surface area contributed by atoms with Crippen LogP contribution >= 0.6 is 0 Å². The van der Waals surface area contributed by atoms with Gasteiger partial charge in [0, 0.05) is 26.2 Å². The molecule has 32 heavy (non-hydrogen) atoms. The second-order valence-corrected chi connectivity index (χ2v) is 7.90. The fourth-order valence-corrected chi connectivity index (χ4v) is 3.95. The lowest BCUT2D eigenvalue weighted by Crippen LogP contribution is -2.39.